The quantitative estimate of drug-likeness (QED) is 0.770. The number of aromatic nitrogens is 2. The second-order valence-electron chi connectivity index (χ2n) is 4.08. The first-order valence-electron chi connectivity index (χ1n) is 5.90. The molecule has 1 aromatic heterocycles. The van der Waals surface area contributed by atoms with Gasteiger partial charge in [-0.25, -0.2) is 4.98 Å². The van der Waals surface area contributed by atoms with Crippen LogP contribution in [-0.2, 0) is 6.42 Å². The standard InChI is InChI=1S/C13H21N3O/c1-6-11-15-12(14-5)10(4)13(16-11)17-8-7-9(2)3/h2,6-8H2,1,3-5H3,(H,14,15,16). The van der Waals surface area contributed by atoms with E-state index in [-0.39, 0.29) is 0 Å². The first-order chi connectivity index (χ1) is 8.08. The fourth-order valence-corrected chi connectivity index (χ4v) is 1.40. The zero-order valence-corrected chi connectivity index (χ0v) is 11.1. The number of hydrogen-bond acceptors (Lipinski definition) is 4. The van der Waals surface area contributed by atoms with Crippen LogP contribution in [-0.4, -0.2) is 23.6 Å². The van der Waals surface area contributed by atoms with Gasteiger partial charge in [-0.2, -0.15) is 4.98 Å². The second kappa shape index (κ2) is 6.23. The molecule has 1 rings (SSSR count). The molecule has 0 saturated heterocycles. The lowest BCUT2D eigenvalue weighted by Crippen LogP contribution is -2.07. The number of rotatable bonds is 6. The molecule has 94 valence electrons. The molecule has 0 aliphatic carbocycles. The molecule has 0 atom stereocenters. The molecular formula is C13H21N3O. The van der Waals surface area contributed by atoms with Gasteiger partial charge in [0.2, 0.25) is 5.88 Å². The Labute approximate surface area is 103 Å². The molecule has 1 N–H and O–H groups in total. The van der Waals surface area contributed by atoms with Crippen molar-refractivity contribution in [3.05, 3.63) is 23.5 Å². The number of hydrogen-bond donors (Lipinski definition) is 1. The summed E-state index contributed by atoms with van der Waals surface area (Å²) in [6, 6.07) is 0. The van der Waals surface area contributed by atoms with E-state index >= 15 is 0 Å². The smallest absolute Gasteiger partial charge is 0.221 e. The van der Waals surface area contributed by atoms with Gasteiger partial charge in [-0.15, -0.1) is 6.58 Å². The first kappa shape index (κ1) is 13.5. The van der Waals surface area contributed by atoms with Crippen LogP contribution in [0.2, 0.25) is 0 Å². The Hall–Kier alpha value is -1.58. The van der Waals surface area contributed by atoms with Gasteiger partial charge in [0.1, 0.15) is 11.6 Å². The Kier molecular flexibility index (Phi) is 4.94. The highest BCUT2D eigenvalue weighted by Gasteiger charge is 2.10. The maximum atomic E-state index is 5.68. The summed E-state index contributed by atoms with van der Waals surface area (Å²) in [7, 11) is 1.85. The van der Waals surface area contributed by atoms with Gasteiger partial charge < -0.3 is 10.1 Å². The molecule has 0 fully saturated rings. The minimum Gasteiger partial charge on any atom is -0.477 e. The van der Waals surface area contributed by atoms with E-state index in [0.29, 0.717) is 12.5 Å². The molecule has 0 saturated carbocycles. The summed E-state index contributed by atoms with van der Waals surface area (Å²) >= 11 is 0. The SMILES string of the molecule is C=C(C)CCOc1nc(CC)nc(NC)c1C. The van der Waals surface area contributed by atoms with Gasteiger partial charge in [0.25, 0.3) is 0 Å². The van der Waals surface area contributed by atoms with Crippen molar-refractivity contribution in [3.8, 4) is 5.88 Å². The van der Waals surface area contributed by atoms with Crippen LogP contribution in [0.1, 0.15) is 31.7 Å². The van der Waals surface area contributed by atoms with Crippen molar-refractivity contribution in [2.45, 2.75) is 33.6 Å². The molecule has 0 unspecified atom stereocenters. The highest BCUT2D eigenvalue weighted by molar-refractivity contribution is 5.48. The minimum atomic E-state index is 0.611. The van der Waals surface area contributed by atoms with Gasteiger partial charge in [-0.3, -0.25) is 0 Å². The van der Waals surface area contributed by atoms with E-state index in [1.54, 1.807) is 0 Å². The normalized spacial score (nSPS) is 10.1. The summed E-state index contributed by atoms with van der Waals surface area (Å²) in [5, 5.41) is 3.06. The number of ether oxygens (including phenoxy) is 1. The van der Waals surface area contributed by atoms with E-state index < -0.39 is 0 Å². The van der Waals surface area contributed by atoms with Gasteiger partial charge in [0.15, 0.2) is 0 Å². The largest absolute Gasteiger partial charge is 0.477 e. The Morgan fingerprint density at radius 1 is 1.41 bits per heavy atom. The lowest BCUT2D eigenvalue weighted by atomic mass is 10.2. The maximum absolute atomic E-state index is 5.68. The number of nitrogens with zero attached hydrogens (tertiary/aromatic N) is 2. The minimum absolute atomic E-state index is 0.611. The third kappa shape index (κ3) is 3.73. The van der Waals surface area contributed by atoms with Crippen molar-refractivity contribution in [1.82, 2.24) is 9.97 Å². The van der Waals surface area contributed by atoms with Crippen LogP contribution >= 0.6 is 0 Å². The summed E-state index contributed by atoms with van der Waals surface area (Å²) in [6.07, 6.45) is 1.64. The van der Waals surface area contributed by atoms with Crippen molar-refractivity contribution in [3.63, 3.8) is 0 Å². The predicted molar refractivity (Wildman–Crippen MR) is 70.6 cm³/mol. The van der Waals surface area contributed by atoms with E-state index in [1.165, 1.54) is 0 Å². The topological polar surface area (TPSA) is 47.0 Å². The van der Waals surface area contributed by atoms with Gasteiger partial charge in [-0.1, -0.05) is 12.5 Å². The molecule has 0 amide bonds. The van der Waals surface area contributed by atoms with Gasteiger partial charge in [0, 0.05) is 19.9 Å². The average Bonchev–Trinajstić information content (AvgIpc) is 2.31. The van der Waals surface area contributed by atoms with Crippen LogP contribution in [0.5, 0.6) is 5.88 Å². The van der Waals surface area contributed by atoms with Crippen molar-refractivity contribution < 1.29 is 4.74 Å². The van der Waals surface area contributed by atoms with E-state index in [1.807, 2.05) is 27.8 Å². The summed E-state index contributed by atoms with van der Waals surface area (Å²) in [4.78, 5) is 8.79. The van der Waals surface area contributed by atoms with Crippen molar-refractivity contribution in [2.24, 2.45) is 0 Å². The van der Waals surface area contributed by atoms with E-state index in [4.69, 9.17) is 4.74 Å². The van der Waals surface area contributed by atoms with Crippen LogP contribution in [0.25, 0.3) is 0 Å². The molecule has 0 aliphatic rings. The molecule has 0 aliphatic heterocycles. The summed E-state index contributed by atoms with van der Waals surface area (Å²) < 4.78 is 5.68. The molecular weight excluding hydrogens is 214 g/mol. The fourth-order valence-electron chi connectivity index (χ4n) is 1.40. The Bertz CT molecular complexity index is 402. The summed E-state index contributed by atoms with van der Waals surface area (Å²) in [6.45, 7) is 10.4. The fraction of sp³-hybridized carbons (Fsp3) is 0.538. The third-order valence-electron chi connectivity index (χ3n) is 2.47. The molecule has 0 aromatic carbocycles. The highest BCUT2D eigenvalue weighted by atomic mass is 16.5. The predicted octanol–water partition coefficient (Wildman–Crippen LogP) is 2.73. The van der Waals surface area contributed by atoms with E-state index in [2.05, 4.69) is 21.9 Å². The summed E-state index contributed by atoms with van der Waals surface area (Å²) in [5.74, 6) is 2.30. The lowest BCUT2D eigenvalue weighted by molar-refractivity contribution is 0.305. The zero-order chi connectivity index (χ0) is 12.8. The van der Waals surface area contributed by atoms with Crippen LogP contribution in [0.15, 0.2) is 12.2 Å². The van der Waals surface area contributed by atoms with Gasteiger partial charge >= 0.3 is 0 Å². The van der Waals surface area contributed by atoms with Crippen LogP contribution in [0, 0.1) is 6.92 Å². The van der Waals surface area contributed by atoms with Gasteiger partial charge in [0.05, 0.1) is 12.2 Å². The number of anilines is 1. The molecule has 1 aromatic rings. The monoisotopic (exact) mass is 235 g/mol. The summed E-state index contributed by atoms with van der Waals surface area (Å²) in [5.41, 5.74) is 2.06. The molecule has 17 heavy (non-hydrogen) atoms. The van der Waals surface area contributed by atoms with Crippen molar-refractivity contribution in [2.75, 3.05) is 19.0 Å². The Morgan fingerprint density at radius 2 is 2.12 bits per heavy atom. The number of aryl methyl sites for hydroxylation is 1. The number of nitrogens with one attached hydrogen (secondary N) is 1. The first-order valence-corrected chi connectivity index (χ1v) is 5.90. The maximum Gasteiger partial charge on any atom is 0.221 e. The molecule has 4 heteroatoms. The van der Waals surface area contributed by atoms with Crippen LogP contribution < -0.4 is 10.1 Å². The lowest BCUT2D eigenvalue weighted by Gasteiger charge is -2.12. The van der Waals surface area contributed by atoms with Crippen molar-refractivity contribution in [1.29, 1.82) is 0 Å². The molecule has 1 heterocycles. The Morgan fingerprint density at radius 3 is 2.65 bits per heavy atom. The zero-order valence-electron chi connectivity index (χ0n) is 11.1. The average molecular weight is 235 g/mol. The van der Waals surface area contributed by atoms with Crippen molar-refractivity contribution >= 4 is 5.82 Å². The van der Waals surface area contributed by atoms with E-state index in [0.717, 1.165) is 35.6 Å². The molecule has 4 nitrogen and oxygen atoms in total. The molecule has 0 bridgehead atoms. The molecule has 0 spiro atoms. The van der Waals surface area contributed by atoms with Gasteiger partial charge in [-0.05, 0) is 13.8 Å². The van der Waals surface area contributed by atoms with Crippen LogP contribution in [0.3, 0.4) is 0 Å². The Balaban J connectivity index is 2.85. The highest BCUT2D eigenvalue weighted by Crippen LogP contribution is 2.22. The van der Waals surface area contributed by atoms with E-state index in [9.17, 15) is 0 Å². The third-order valence-corrected chi connectivity index (χ3v) is 2.47. The molecule has 0 radical (unpaired) electrons. The second-order valence-corrected chi connectivity index (χ2v) is 4.08. The van der Waals surface area contributed by atoms with Crippen LogP contribution in [0.4, 0.5) is 5.82 Å².